The van der Waals surface area contributed by atoms with Gasteiger partial charge in [-0.1, -0.05) is 56.3 Å². The van der Waals surface area contributed by atoms with E-state index in [0.717, 1.165) is 31.7 Å². The van der Waals surface area contributed by atoms with Crippen molar-refractivity contribution in [3.05, 3.63) is 65.7 Å². The first-order valence-corrected chi connectivity index (χ1v) is 8.90. The van der Waals surface area contributed by atoms with E-state index in [1.165, 1.54) is 11.1 Å². The topological polar surface area (TPSA) is 30.5 Å². The largest absolute Gasteiger partial charge is 0.489 e. The van der Waals surface area contributed by atoms with E-state index in [9.17, 15) is 0 Å². The molecular formula is C21H27NO2. The van der Waals surface area contributed by atoms with Crippen LogP contribution in [0, 0.1) is 0 Å². The first-order chi connectivity index (χ1) is 11.7. The highest BCUT2D eigenvalue weighted by Gasteiger charge is 2.34. The number of hydrogen-bond acceptors (Lipinski definition) is 3. The molecule has 128 valence electrons. The van der Waals surface area contributed by atoms with Crippen molar-refractivity contribution in [3.63, 3.8) is 0 Å². The summed E-state index contributed by atoms with van der Waals surface area (Å²) in [5.41, 5.74) is 2.35. The molecule has 1 saturated heterocycles. The van der Waals surface area contributed by atoms with Crippen LogP contribution in [0.5, 0.6) is 5.75 Å². The highest BCUT2D eigenvalue weighted by atomic mass is 16.5. The average molecular weight is 325 g/mol. The van der Waals surface area contributed by atoms with Crippen LogP contribution >= 0.6 is 0 Å². The number of morpholine rings is 1. The van der Waals surface area contributed by atoms with Gasteiger partial charge in [0, 0.05) is 13.1 Å². The third kappa shape index (κ3) is 3.97. The Kier molecular flexibility index (Phi) is 5.54. The maximum atomic E-state index is 6.42. The Hall–Kier alpha value is -1.84. The van der Waals surface area contributed by atoms with Crippen molar-refractivity contribution in [3.8, 4) is 5.75 Å². The Labute approximate surface area is 145 Å². The monoisotopic (exact) mass is 325 g/mol. The number of benzene rings is 2. The van der Waals surface area contributed by atoms with E-state index in [1.54, 1.807) is 0 Å². The molecule has 1 atom stereocenters. The lowest BCUT2D eigenvalue weighted by Crippen LogP contribution is -2.50. The van der Waals surface area contributed by atoms with E-state index >= 15 is 0 Å². The second kappa shape index (κ2) is 7.82. The molecule has 0 radical (unpaired) electrons. The Morgan fingerprint density at radius 1 is 1.04 bits per heavy atom. The van der Waals surface area contributed by atoms with Gasteiger partial charge in [-0.15, -0.1) is 0 Å². The fourth-order valence-electron chi connectivity index (χ4n) is 3.19. The molecule has 3 heteroatoms. The molecule has 3 rings (SSSR count). The van der Waals surface area contributed by atoms with Gasteiger partial charge in [-0.25, -0.2) is 0 Å². The molecule has 3 nitrogen and oxygen atoms in total. The Bertz CT molecular complexity index is 620. The molecule has 1 aliphatic rings. The molecule has 1 heterocycles. The van der Waals surface area contributed by atoms with Crippen LogP contribution in [-0.4, -0.2) is 18.7 Å². The lowest BCUT2D eigenvalue weighted by molar-refractivity contribution is -0.122. The summed E-state index contributed by atoms with van der Waals surface area (Å²) in [4.78, 5) is 0. The first kappa shape index (κ1) is 17.0. The van der Waals surface area contributed by atoms with E-state index in [-0.39, 0.29) is 11.7 Å². The summed E-state index contributed by atoms with van der Waals surface area (Å²) in [6.45, 7) is 6.80. The minimum absolute atomic E-state index is 0.0363. The van der Waals surface area contributed by atoms with Gasteiger partial charge in [0.1, 0.15) is 12.4 Å². The van der Waals surface area contributed by atoms with E-state index < -0.39 is 0 Å². The van der Waals surface area contributed by atoms with Gasteiger partial charge in [0.15, 0.2) is 0 Å². The Morgan fingerprint density at radius 2 is 1.75 bits per heavy atom. The van der Waals surface area contributed by atoms with E-state index in [1.807, 2.05) is 30.3 Å². The van der Waals surface area contributed by atoms with Gasteiger partial charge in [-0.05, 0) is 36.1 Å². The van der Waals surface area contributed by atoms with Gasteiger partial charge in [0.2, 0.25) is 0 Å². The zero-order valence-corrected chi connectivity index (χ0v) is 14.6. The molecule has 24 heavy (non-hydrogen) atoms. The summed E-state index contributed by atoms with van der Waals surface area (Å²) < 4.78 is 12.3. The number of hydrogen-bond donors (Lipinski definition) is 1. The van der Waals surface area contributed by atoms with Crippen molar-refractivity contribution >= 4 is 0 Å². The molecule has 0 saturated carbocycles. The molecule has 0 spiro atoms. The van der Waals surface area contributed by atoms with Crippen LogP contribution < -0.4 is 10.1 Å². The number of rotatable bonds is 6. The predicted molar refractivity (Wildman–Crippen MR) is 97.2 cm³/mol. The van der Waals surface area contributed by atoms with Crippen molar-refractivity contribution in [2.75, 3.05) is 13.1 Å². The molecule has 2 aromatic rings. The van der Waals surface area contributed by atoms with E-state index in [4.69, 9.17) is 9.47 Å². The molecule has 0 bridgehead atoms. The summed E-state index contributed by atoms with van der Waals surface area (Å²) in [6.07, 6.45) is 2.18. The maximum Gasteiger partial charge on any atom is 0.119 e. The van der Waals surface area contributed by atoms with Crippen molar-refractivity contribution in [2.45, 2.75) is 45.0 Å². The van der Waals surface area contributed by atoms with Gasteiger partial charge < -0.3 is 14.8 Å². The van der Waals surface area contributed by atoms with Crippen LogP contribution in [0.1, 0.15) is 43.9 Å². The number of nitrogens with one attached hydrogen (secondary N) is 1. The van der Waals surface area contributed by atoms with E-state index in [0.29, 0.717) is 6.61 Å². The van der Waals surface area contributed by atoms with Crippen LogP contribution in [0.15, 0.2) is 54.6 Å². The number of ether oxygens (including phenoxy) is 2. The first-order valence-electron chi connectivity index (χ1n) is 8.90. The fraction of sp³-hybridized carbons (Fsp3) is 0.429. The smallest absolute Gasteiger partial charge is 0.119 e. The van der Waals surface area contributed by atoms with Crippen molar-refractivity contribution in [1.29, 1.82) is 0 Å². The summed E-state index contributed by atoms with van der Waals surface area (Å²) in [5.74, 6) is 0.892. The zero-order chi connectivity index (χ0) is 16.8. The summed E-state index contributed by atoms with van der Waals surface area (Å²) in [6, 6.07) is 18.5. The third-order valence-electron chi connectivity index (χ3n) is 4.96. The minimum Gasteiger partial charge on any atom is -0.489 e. The lowest BCUT2D eigenvalue weighted by atomic mass is 9.93. The van der Waals surface area contributed by atoms with Crippen LogP contribution in [0.3, 0.4) is 0 Å². The highest BCUT2D eigenvalue weighted by Crippen LogP contribution is 2.32. The molecule has 1 fully saturated rings. The summed E-state index contributed by atoms with van der Waals surface area (Å²) in [7, 11) is 0. The molecular weight excluding hydrogens is 298 g/mol. The molecule has 1 unspecified atom stereocenters. The van der Waals surface area contributed by atoms with Crippen LogP contribution in [0.25, 0.3) is 0 Å². The Balaban J connectivity index is 1.62. The summed E-state index contributed by atoms with van der Waals surface area (Å²) in [5, 5.41) is 3.53. The quantitative estimate of drug-likeness (QED) is 0.849. The fourth-order valence-corrected chi connectivity index (χ4v) is 3.19. The van der Waals surface area contributed by atoms with Crippen LogP contribution in [0.4, 0.5) is 0 Å². The second-order valence-corrected chi connectivity index (χ2v) is 6.47. The normalized spacial score (nSPS) is 19.8. The van der Waals surface area contributed by atoms with E-state index in [2.05, 4.69) is 43.4 Å². The van der Waals surface area contributed by atoms with Crippen molar-refractivity contribution in [1.82, 2.24) is 5.32 Å². The minimum atomic E-state index is -0.0363. The van der Waals surface area contributed by atoms with Gasteiger partial charge in [-0.2, -0.15) is 0 Å². The summed E-state index contributed by atoms with van der Waals surface area (Å²) >= 11 is 0. The Morgan fingerprint density at radius 3 is 2.42 bits per heavy atom. The zero-order valence-electron chi connectivity index (χ0n) is 14.6. The standard InChI is InChI=1S/C21H27NO2/c1-3-21(4-2)16-22-14-20(24-21)18-10-12-19(13-11-18)23-15-17-8-6-5-7-9-17/h5-13,20,22H,3-4,14-16H2,1-2H3. The predicted octanol–water partition coefficient (Wildman–Crippen LogP) is 4.49. The highest BCUT2D eigenvalue weighted by molar-refractivity contribution is 5.29. The van der Waals surface area contributed by atoms with Gasteiger partial charge in [0.25, 0.3) is 0 Å². The van der Waals surface area contributed by atoms with Gasteiger partial charge >= 0.3 is 0 Å². The van der Waals surface area contributed by atoms with Gasteiger partial charge in [-0.3, -0.25) is 0 Å². The lowest BCUT2D eigenvalue weighted by Gasteiger charge is -2.41. The van der Waals surface area contributed by atoms with Crippen LogP contribution in [-0.2, 0) is 11.3 Å². The second-order valence-electron chi connectivity index (χ2n) is 6.47. The molecule has 0 aromatic heterocycles. The molecule has 1 aliphatic heterocycles. The molecule has 0 amide bonds. The maximum absolute atomic E-state index is 6.42. The van der Waals surface area contributed by atoms with Crippen molar-refractivity contribution < 1.29 is 9.47 Å². The van der Waals surface area contributed by atoms with Gasteiger partial charge in [0.05, 0.1) is 11.7 Å². The molecule has 2 aromatic carbocycles. The van der Waals surface area contributed by atoms with Crippen molar-refractivity contribution in [2.24, 2.45) is 0 Å². The SMILES string of the molecule is CCC1(CC)CNCC(c2ccc(OCc3ccccc3)cc2)O1. The molecule has 1 N–H and O–H groups in total. The van der Waals surface area contributed by atoms with Crippen LogP contribution in [0.2, 0.25) is 0 Å². The third-order valence-corrected chi connectivity index (χ3v) is 4.96. The average Bonchev–Trinajstić information content (AvgIpc) is 2.67. The molecule has 0 aliphatic carbocycles.